The Morgan fingerprint density at radius 1 is 1.14 bits per heavy atom. The highest BCUT2D eigenvalue weighted by Crippen LogP contribution is 2.31. The van der Waals surface area contributed by atoms with Gasteiger partial charge in [0.15, 0.2) is 6.61 Å². The maximum Gasteiger partial charge on any atom is 0.265 e. The summed E-state index contributed by atoms with van der Waals surface area (Å²) in [5.74, 6) is -0.122. The maximum atomic E-state index is 12.1. The minimum atomic E-state index is -0.531. The van der Waals surface area contributed by atoms with Crippen molar-refractivity contribution < 1.29 is 23.9 Å². The quantitative estimate of drug-likeness (QED) is 0.601. The fourth-order valence-electron chi connectivity index (χ4n) is 2.57. The number of carbonyl (C=O) groups excluding carboxylic acids is 3. The first-order valence-electron chi connectivity index (χ1n) is 8.50. The standard InChI is InChI=1S/C20H19N3O5/c1-27-15-9-6-14(7-10-15)8-11-18(24)21-22-19(25)12-23-16-4-2-3-5-17(16)28-13-20(23)26/h2-11H,12-13H2,1H3,(H,21,24)(H,22,25)/b11-8+. The van der Waals surface area contributed by atoms with E-state index in [1.54, 1.807) is 61.7 Å². The van der Waals surface area contributed by atoms with E-state index in [0.29, 0.717) is 17.2 Å². The average molecular weight is 381 g/mol. The van der Waals surface area contributed by atoms with Gasteiger partial charge in [-0.3, -0.25) is 30.1 Å². The number of hydrazine groups is 1. The van der Waals surface area contributed by atoms with Gasteiger partial charge in [-0.05, 0) is 35.9 Å². The number of anilines is 1. The van der Waals surface area contributed by atoms with Crippen molar-refractivity contribution in [2.24, 2.45) is 0 Å². The number of rotatable bonds is 5. The van der Waals surface area contributed by atoms with Crippen molar-refractivity contribution >= 4 is 29.5 Å². The van der Waals surface area contributed by atoms with Crippen LogP contribution in [-0.4, -0.2) is 38.0 Å². The first-order chi connectivity index (χ1) is 13.6. The lowest BCUT2D eigenvalue weighted by Gasteiger charge is -2.28. The summed E-state index contributed by atoms with van der Waals surface area (Å²) < 4.78 is 10.4. The largest absolute Gasteiger partial charge is 0.497 e. The van der Waals surface area contributed by atoms with Crippen molar-refractivity contribution in [3.05, 3.63) is 60.2 Å². The molecule has 144 valence electrons. The maximum absolute atomic E-state index is 12.1. The molecule has 2 aromatic carbocycles. The lowest BCUT2D eigenvalue weighted by molar-refractivity contribution is -0.127. The highest BCUT2D eigenvalue weighted by Gasteiger charge is 2.26. The molecule has 0 saturated carbocycles. The van der Waals surface area contributed by atoms with Crippen LogP contribution in [0.25, 0.3) is 6.08 Å². The van der Waals surface area contributed by atoms with Gasteiger partial charge in [-0.15, -0.1) is 0 Å². The Bertz CT molecular complexity index is 908. The number of fused-ring (bicyclic) bond motifs is 1. The van der Waals surface area contributed by atoms with E-state index in [2.05, 4.69) is 10.9 Å². The van der Waals surface area contributed by atoms with E-state index >= 15 is 0 Å². The summed E-state index contributed by atoms with van der Waals surface area (Å²) in [7, 11) is 1.57. The van der Waals surface area contributed by atoms with E-state index in [4.69, 9.17) is 9.47 Å². The molecule has 0 fully saturated rings. The second-order valence-electron chi connectivity index (χ2n) is 5.88. The van der Waals surface area contributed by atoms with Crippen LogP contribution in [0.5, 0.6) is 11.5 Å². The average Bonchev–Trinajstić information content (AvgIpc) is 2.73. The van der Waals surface area contributed by atoms with Gasteiger partial charge in [-0.1, -0.05) is 24.3 Å². The smallest absolute Gasteiger partial charge is 0.265 e. The summed E-state index contributed by atoms with van der Waals surface area (Å²) in [6.45, 7) is -0.372. The molecule has 3 rings (SSSR count). The molecule has 0 bridgehead atoms. The molecule has 0 saturated heterocycles. The molecule has 0 aromatic heterocycles. The van der Waals surface area contributed by atoms with Crippen molar-refractivity contribution in [2.45, 2.75) is 0 Å². The molecule has 0 aliphatic carbocycles. The predicted octanol–water partition coefficient (Wildman–Crippen LogP) is 1.28. The highest BCUT2D eigenvalue weighted by molar-refractivity contribution is 6.02. The molecule has 28 heavy (non-hydrogen) atoms. The lowest BCUT2D eigenvalue weighted by Crippen LogP contribution is -2.49. The molecule has 0 radical (unpaired) electrons. The van der Waals surface area contributed by atoms with Gasteiger partial charge < -0.3 is 9.47 Å². The third kappa shape index (κ3) is 4.67. The van der Waals surface area contributed by atoms with E-state index in [1.165, 1.54) is 11.0 Å². The number of methoxy groups -OCH3 is 1. The van der Waals surface area contributed by atoms with Crippen LogP contribution in [0, 0.1) is 0 Å². The molecular formula is C20H19N3O5. The Balaban J connectivity index is 1.52. The van der Waals surface area contributed by atoms with E-state index < -0.39 is 11.8 Å². The minimum Gasteiger partial charge on any atom is -0.497 e. The summed E-state index contributed by atoms with van der Waals surface area (Å²) in [4.78, 5) is 37.3. The van der Waals surface area contributed by atoms with Crippen LogP contribution in [0.3, 0.4) is 0 Å². The van der Waals surface area contributed by atoms with Crippen LogP contribution in [0.2, 0.25) is 0 Å². The van der Waals surface area contributed by atoms with Crippen LogP contribution in [0.1, 0.15) is 5.56 Å². The Morgan fingerprint density at radius 3 is 2.64 bits per heavy atom. The first kappa shape index (κ1) is 19.0. The summed E-state index contributed by atoms with van der Waals surface area (Å²) in [6, 6.07) is 14.1. The van der Waals surface area contributed by atoms with Crippen LogP contribution in [-0.2, 0) is 14.4 Å². The SMILES string of the molecule is COc1ccc(/C=C/C(=O)NNC(=O)CN2C(=O)COc3ccccc32)cc1. The van der Waals surface area contributed by atoms with Gasteiger partial charge >= 0.3 is 0 Å². The number of carbonyl (C=O) groups is 3. The van der Waals surface area contributed by atoms with Gasteiger partial charge in [0.25, 0.3) is 17.7 Å². The molecule has 8 heteroatoms. The molecule has 1 aliphatic rings. The van der Waals surface area contributed by atoms with E-state index in [9.17, 15) is 14.4 Å². The molecular weight excluding hydrogens is 362 g/mol. The molecule has 0 unspecified atom stereocenters. The van der Waals surface area contributed by atoms with E-state index in [0.717, 1.165) is 5.56 Å². The van der Waals surface area contributed by atoms with E-state index in [-0.39, 0.29) is 19.1 Å². The van der Waals surface area contributed by atoms with Crippen molar-refractivity contribution in [3.8, 4) is 11.5 Å². The number of para-hydroxylation sites is 2. The van der Waals surface area contributed by atoms with E-state index in [1.807, 2.05) is 0 Å². The van der Waals surface area contributed by atoms with Crippen LogP contribution >= 0.6 is 0 Å². The van der Waals surface area contributed by atoms with Crippen molar-refractivity contribution in [3.63, 3.8) is 0 Å². The zero-order valence-corrected chi connectivity index (χ0v) is 15.2. The number of nitrogens with zero attached hydrogens (tertiary/aromatic N) is 1. The number of nitrogens with one attached hydrogen (secondary N) is 2. The van der Waals surface area contributed by atoms with Crippen LogP contribution in [0.15, 0.2) is 54.6 Å². The number of hydrogen-bond donors (Lipinski definition) is 2. The number of benzene rings is 2. The topological polar surface area (TPSA) is 97.0 Å². The number of amides is 3. The number of ether oxygens (including phenoxy) is 2. The second kappa shape index (κ2) is 8.72. The van der Waals surface area contributed by atoms with Gasteiger partial charge in [0.2, 0.25) is 0 Å². The Kier molecular flexibility index (Phi) is 5.91. The zero-order valence-electron chi connectivity index (χ0n) is 15.2. The fourth-order valence-corrected chi connectivity index (χ4v) is 2.57. The van der Waals surface area contributed by atoms with Gasteiger partial charge in [-0.2, -0.15) is 0 Å². The minimum absolute atomic E-state index is 0.138. The van der Waals surface area contributed by atoms with Crippen molar-refractivity contribution in [2.75, 3.05) is 25.2 Å². The molecule has 8 nitrogen and oxygen atoms in total. The van der Waals surface area contributed by atoms with Gasteiger partial charge in [-0.25, -0.2) is 0 Å². The van der Waals surface area contributed by atoms with Crippen molar-refractivity contribution in [1.82, 2.24) is 10.9 Å². The molecule has 1 heterocycles. The molecule has 0 atom stereocenters. The molecule has 2 N–H and O–H groups in total. The number of hydrogen-bond acceptors (Lipinski definition) is 5. The molecule has 2 aromatic rings. The third-order valence-corrected chi connectivity index (χ3v) is 3.98. The Hall–Kier alpha value is -3.81. The third-order valence-electron chi connectivity index (χ3n) is 3.98. The zero-order chi connectivity index (χ0) is 19.9. The Morgan fingerprint density at radius 2 is 1.89 bits per heavy atom. The van der Waals surface area contributed by atoms with Gasteiger partial charge in [0, 0.05) is 6.08 Å². The summed E-state index contributed by atoms with van der Waals surface area (Å²) >= 11 is 0. The lowest BCUT2D eigenvalue weighted by atomic mass is 10.2. The fraction of sp³-hybridized carbons (Fsp3) is 0.150. The summed E-state index contributed by atoms with van der Waals surface area (Å²) in [5, 5.41) is 0. The molecule has 1 aliphatic heterocycles. The Labute approximate surface area is 161 Å². The first-order valence-corrected chi connectivity index (χ1v) is 8.50. The van der Waals surface area contributed by atoms with Crippen LogP contribution in [0.4, 0.5) is 5.69 Å². The summed E-state index contributed by atoms with van der Waals surface area (Å²) in [6.07, 6.45) is 2.89. The van der Waals surface area contributed by atoms with Crippen LogP contribution < -0.4 is 25.2 Å². The summed E-state index contributed by atoms with van der Waals surface area (Å²) in [5.41, 5.74) is 5.89. The predicted molar refractivity (Wildman–Crippen MR) is 103 cm³/mol. The monoisotopic (exact) mass is 381 g/mol. The highest BCUT2D eigenvalue weighted by atomic mass is 16.5. The van der Waals surface area contributed by atoms with Gasteiger partial charge in [0.05, 0.1) is 12.8 Å². The second-order valence-corrected chi connectivity index (χ2v) is 5.88. The molecule has 3 amide bonds. The van der Waals surface area contributed by atoms with Crippen molar-refractivity contribution in [1.29, 1.82) is 0 Å². The normalized spacial score (nSPS) is 12.9. The van der Waals surface area contributed by atoms with Gasteiger partial charge in [0.1, 0.15) is 18.0 Å². The molecule has 0 spiro atoms.